The predicted octanol–water partition coefficient (Wildman–Crippen LogP) is 4.99. The average Bonchev–Trinajstić information content (AvgIpc) is 3.42. The van der Waals surface area contributed by atoms with Crippen molar-refractivity contribution in [3.05, 3.63) is 65.3 Å². The molecule has 2 aromatic heterocycles. The molecule has 5 rings (SSSR count). The summed E-state index contributed by atoms with van der Waals surface area (Å²) < 4.78 is 7.22. The minimum Gasteiger partial charge on any atom is -0.497 e. The number of fused-ring (bicyclic) bond motifs is 1. The van der Waals surface area contributed by atoms with Gasteiger partial charge in [-0.15, -0.1) is 0 Å². The van der Waals surface area contributed by atoms with Gasteiger partial charge in [0.2, 0.25) is 0 Å². The summed E-state index contributed by atoms with van der Waals surface area (Å²) in [7, 11) is 1.66. The van der Waals surface area contributed by atoms with Gasteiger partial charge in [-0.1, -0.05) is 35.9 Å². The van der Waals surface area contributed by atoms with E-state index in [1.54, 1.807) is 7.11 Å². The maximum absolute atomic E-state index is 9.90. The van der Waals surface area contributed by atoms with Crippen LogP contribution in [0.3, 0.4) is 0 Å². The van der Waals surface area contributed by atoms with E-state index in [0.29, 0.717) is 5.02 Å². The predicted molar refractivity (Wildman–Crippen MR) is 128 cm³/mol. The normalized spacial score (nSPS) is 16.1. The number of aliphatic hydroxyl groups excluding tert-OH is 1. The molecule has 1 N–H and O–H groups in total. The van der Waals surface area contributed by atoms with Crippen molar-refractivity contribution >= 4 is 23.1 Å². The fourth-order valence-corrected chi connectivity index (χ4v) is 4.72. The number of methoxy groups -OCH3 is 1. The summed E-state index contributed by atoms with van der Waals surface area (Å²) in [5.74, 6) is 1.65. The Hall–Kier alpha value is -3.09. The Labute approximate surface area is 192 Å². The van der Waals surface area contributed by atoms with Crippen molar-refractivity contribution < 1.29 is 9.84 Å². The van der Waals surface area contributed by atoms with Gasteiger partial charge in [0, 0.05) is 28.8 Å². The fourth-order valence-electron chi connectivity index (χ4n) is 4.53. The third-order valence-electron chi connectivity index (χ3n) is 6.13. The molecule has 7 heteroatoms. The van der Waals surface area contributed by atoms with Crippen LogP contribution in [0.2, 0.25) is 5.02 Å². The maximum Gasteiger partial charge on any atom is 0.166 e. The first kappa shape index (κ1) is 20.8. The van der Waals surface area contributed by atoms with Crippen LogP contribution in [0.5, 0.6) is 5.75 Å². The summed E-state index contributed by atoms with van der Waals surface area (Å²) in [5.41, 5.74) is 5.57. The molecule has 1 saturated heterocycles. The molecule has 2 aromatic carbocycles. The van der Waals surface area contributed by atoms with E-state index < -0.39 is 0 Å². The van der Waals surface area contributed by atoms with Gasteiger partial charge in [0.15, 0.2) is 5.65 Å². The molecule has 1 aliphatic rings. The molecule has 1 aliphatic heterocycles. The lowest BCUT2D eigenvalue weighted by molar-refractivity contribution is 0.266. The van der Waals surface area contributed by atoms with Crippen molar-refractivity contribution in [3.8, 4) is 28.1 Å². The van der Waals surface area contributed by atoms with Crippen molar-refractivity contribution in [1.82, 2.24) is 14.6 Å². The maximum atomic E-state index is 9.90. The Bertz CT molecular complexity index is 1270. The van der Waals surface area contributed by atoms with Crippen molar-refractivity contribution in [1.29, 1.82) is 0 Å². The second-order valence-corrected chi connectivity index (χ2v) is 8.54. The molecule has 6 nitrogen and oxygen atoms in total. The molecular formula is C25H25ClN4O2. The van der Waals surface area contributed by atoms with Crippen LogP contribution >= 0.6 is 11.6 Å². The molecular weight excluding hydrogens is 424 g/mol. The van der Waals surface area contributed by atoms with E-state index in [0.717, 1.165) is 64.7 Å². The molecule has 0 aliphatic carbocycles. The SMILES string of the molecule is COc1ccc(-c2c(C)nn3c(-c4cccc(Cl)c4)cc(N4CCC[C@H]4CO)nc23)cc1. The number of benzene rings is 2. The number of rotatable bonds is 5. The van der Waals surface area contributed by atoms with Crippen LogP contribution < -0.4 is 9.64 Å². The zero-order valence-corrected chi connectivity index (χ0v) is 18.9. The first-order chi connectivity index (χ1) is 15.6. The van der Waals surface area contributed by atoms with Gasteiger partial charge in [0.25, 0.3) is 0 Å². The van der Waals surface area contributed by atoms with Crippen LogP contribution in [-0.2, 0) is 0 Å². The largest absolute Gasteiger partial charge is 0.497 e. The smallest absolute Gasteiger partial charge is 0.166 e. The lowest BCUT2D eigenvalue weighted by Gasteiger charge is -2.25. The summed E-state index contributed by atoms with van der Waals surface area (Å²) in [6.45, 7) is 2.99. The number of anilines is 1. The topological polar surface area (TPSA) is 62.9 Å². The molecule has 0 amide bonds. The highest BCUT2D eigenvalue weighted by Crippen LogP contribution is 2.35. The molecule has 1 fully saturated rings. The Morgan fingerprint density at radius 2 is 1.94 bits per heavy atom. The zero-order valence-electron chi connectivity index (χ0n) is 18.1. The number of aryl methyl sites for hydroxylation is 1. The molecule has 1 atom stereocenters. The number of hydrogen-bond acceptors (Lipinski definition) is 5. The quantitative estimate of drug-likeness (QED) is 0.465. The number of aromatic nitrogens is 3. The molecule has 3 heterocycles. The van der Waals surface area contributed by atoms with E-state index in [-0.39, 0.29) is 12.6 Å². The van der Waals surface area contributed by atoms with Crippen LogP contribution in [0, 0.1) is 6.92 Å². The molecule has 0 radical (unpaired) electrons. The van der Waals surface area contributed by atoms with E-state index in [2.05, 4.69) is 11.0 Å². The second kappa shape index (κ2) is 8.45. The third-order valence-corrected chi connectivity index (χ3v) is 6.37. The average molecular weight is 449 g/mol. The van der Waals surface area contributed by atoms with E-state index in [9.17, 15) is 5.11 Å². The number of nitrogens with zero attached hydrogens (tertiary/aromatic N) is 4. The van der Waals surface area contributed by atoms with Crippen molar-refractivity contribution in [3.63, 3.8) is 0 Å². The van der Waals surface area contributed by atoms with Gasteiger partial charge in [0.1, 0.15) is 11.6 Å². The van der Waals surface area contributed by atoms with Gasteiger partial charge in [-0.05, 0) is 49.6 Å². The van der Waals surface area contributed by atoms with Crippen molar-refractivity contribution in [2.24, 2.45) is 0 Å². The zero-order chi connectivity index (χ0) is 22.2. The molecule has 0 bridgehead atoms. The van der Waals surface area contributed by atoms with Crippen LogP contribution in [0.1, 0.15) is 18.5 Å². The summed E-state index contributed by atoms with van der Waals surface area (Å²) in [6, 6.07) is 17.9. The molecule has 0 saturated carbocycles. The summed E-state index contributed by atoms with van der Waals surface area (Å²) in [5, 5.41) is 15.4. The van der Waals surface area contributed by atoms with E-state index >= 15 is 0 Å². The van der Waals surface area contributed by atoms with Crippen molar-refractivity contribution in [2.75, 3.05) is 25.2 Å². The molecule has 0 unspecified atom stereocenters. The Balaban J connectivity index is 1.76. The summed E-state index contributed by atoms with van der Waals surface area (Å²) in [6.07, 6.45) is 1.99. The van der Waals surface area contributed by atoms with Gasteiger partial charge in [-0.25, -0.2) is 9.50 Å². The van der Waals surface area contributed by atoms with E-state index in [4.69, 9.17) is 26.4 Å². The van der Waals surface area contributed by atoms with Gasteiger partial charge in [-0.2, -0.15) is 5.10 Å². The van der Waals surface area contributed by atoms with Crippen LogP contribution in [0.15, 0.2) is 54.6 Å². The monoisotopic (exact) mass is 448 g/mol. The minimum absolute atomic E-state index is 0.0746. The fraction of sp³-hybridized carbons (Fsp3) is 0.280. The number of aliphatic hydroxyl groups is 1. The van der Waals surface area contributed by atoms with Gasteiger partial charge in [0.05, 0.1) is 31.1 Å². The summed E-state index contributed by atoms with van der Waals surface area (Å²) in [4.78, 5) is 7.26. The van der Waals surface area contributed by atoms with Crippen LogP contribution in [-0.4, -0.2) is 46.0 Å². The van der Waals surface area contributed by atoms with Gasteiger partial charge in [-0.3, -0.25) is 0 Å². The summed E-state index contributed by atoms with van der Waals surface area (Å²) >= 11 is 6.32. The van der Waals surface area contributed by atoms with E-state index in [1.807, 2.05) is 60.0 Å². The first-order valence-corrected chi connectivity index (χ1v) is 11.1. The third kappa shape index (κ3) is 3.59. The second-order valence-electron chi connectivity index (χ2n) is 8.11. The number of ether oxygens (including phenoxy) is 1. The first-order valence-electron chi connectivity index (χ1n) is 10.8. The van der Waals surface area contributed by atoms with Crippen LogP contribution in [0.25, 0.3) is 28.0 Å². The Morgan fingerprint density at radius 1 is 1.12 bits per heavy atom. The lowest BCUT2D eigenvalue weighted by atomic mass is 10.1. The minimum atomic E-state index is 0.0746. The Kier molecular flexibility index (Phi) is 5.49. The van der Waals surface area contributed by atoms with Gasteiger partial charge >= 0.3 is 0 Å². The Morgan fingerprint density at radius 3 is 2.66 bits per heavy atom. The molecule has 32 heavy (non-hydrogen) atoms. The highest BCUT2D eigenvalue weighted by molar-refractivity contribution is 6.30. The lowest BCUT2D eigenvalue weighted by Crippen LogP contribution is -2.32. The van der Waals surface area contributed by atoms with Crippen LogP contribution in [0.4, 0.5) is 5.82 Å². The number of halogens is 1. The molecule has 4 aromatic rings. The molecule has 164 valence electrons. The highest BCUT2D eigenvalue weighted by atomic mass is 35.5. The number of hydrogen-bond donors (Lipinski definition) is 1. The van der Waals surface area contributed by atoms with Gasteiger partial charge < -0.3 is 14.7 Å². The van der Waals surface area contributed by atoms with Crippen molar-refractivity contribution in [2.45, 2.75) is 25.8 Å². The molecule has 0 spiro atoms. The highest BCUT2D eigenvalue weighted by Gasteiger charge is 2.27. The standard InChI is InChI=1S/C25H25ClN4O2/c1-16-24(17-8-10-21(32-2)11-9-17)25-27-23(29-12-4-7-20(29)15-31)14-22(30(25)28-16)18-5-3-6-19(26)13-18/h3,5-6,8-11,13-14,20,31H,4,7,12,15H2,1-2H3/t20-/m0/s1. The van der Waals surface area contributed by atoms with E-state index in [1.165, 1.54) is 0 Å².